The van der Waals surface area contributed by atoms with Gasteiger partial charge in [-0.15, -0.1) is 0 Å². The molecule has 2 aliphatic rings. The number of anilines is 2. The van der Waals surface area contributed by atoms with Crippen LogP contribution in [0.5, 0.6) is 0 Å². The number of piperidine rings is 2. The lowest BCUT2D eigenvalue weighted by Gasteiger charge is -2.33. The number of benzene rings is 1. The molecular weight excluding hydrogens is 344 g/mol. The monoisotopic (exact) mass is 375 g/mol. The minimum atomic E-state index is -0.423. The smallest absolute Gasteiger partial charge is 0.292 e. The van der Waals surface area contributed by atoms with Gasteiger partial charge in [-0.25, -0.2) is 0 Å². The topological polar surface area (TPSA) is 79.9 Å². The molecule has 148 valence electrons. The zero-order valence-electron chi connectivity index (χ0n) is 16.4. The van der Waals surface area contributed by atoms with Crippen LogP contribution in [-0.4, -0.2) is 43.6 Å². The van der Waals surface area contributed by atoms with Crippen LogP contribution in [0.25, 0.3) is 0 Å². The Balaban J connectivity index is 1.72. The zero-order chi connectivity index (χ0) is 19.4. The maximum Gasteiger partial charge on any atom is 0.292 e. The predicted octanol–water partition coefficient (Wildman–Crippen LogP) is 2.08. The van der Waals surface area contributed by atoms with Gasteiger partial charge < -0.3 is 15.1 Å². The number of carbonyl (C=O) groups excluding carboxylic acids is 1. The maximum atomic E-state index is 12.5. The Morgan fingerprint density at radius 1 is 1.30 bits per heavy atom. The van der Waals surface area contributed by atoms with Crippen molar-refractivity contribution in [1.29, 1.82) is 0 Å². The van der Waals surface area contributed by atoms with Crippen molar-refractivity contribution in [2.24, 2.45) is 11.8 Å². The van der Waals surface area contributed by atoms with Gasteiger partial charge in [0, 0.05) is 30.8 Å². The molecule has 2 heterocycles. The number of quaternary nitrogens is 1. The Bertz CT molecular complexity index is 694. The number of hydrogen-bond donors (Lipinski definition) is 2. The molecule has 0 aromatic heterocycles. The Kier molecular flexibility index (Phi) is 6.31. The molecule has 0 aliphatic carbocycles. The summed E-state index contributed by atoms with van der Waals surface area (Å²) in [5.74, 6) is 1.09. The highest BCUT2D eigenvalue weighted by molar-refractivity contribution is 5.94. The summed E-state index contributed by atoms with van der Waals surface area (Å²) in [6.07, 6.45) is 4.68. The number of carbonyl (C=O) groups is 1. The van der Waals surface area contributed by atoms with Gasteiger partial charge in [0.05, 0.1) is 18.0 Å². The van der Waals surface area contributed by atoms with Gasteiger partial charge >= 0.3 is 0 Å². The first kappa shape index (κ1) is 19.6. The van der Waals surface area contributed by atoms with E-state index in [1.165, 1.54) is 23.8 Å². The number of amides is 1. The number of nitro groups is 1. The summed E-state index contributed by atoms with van der Waals surface area (Å²) in [4.78, 5) is 27.0. The fourth-order valence-corrected chi connectivity index (χ4v) is 4.38. The molecule has 0 spiro atoms. The summed E-state index contributed by atoms with van der Waals surface area (Å²) in [7, 11) is 0. The molecule has 1 aromatic rings. The highest BCUT2D eigenvalue weighted by Gasteiger charge is 2.25. The lowest BCUT2D eigenvalue weighted by molar-refractivity contribution is -0.900. The number of hydrogen-bond acceptors (Lipinski definition) is 4. The van der Waals surface area contributed by atoms with E-state index in [2.05, 4.69) is 24.1 Å². The minimum Gasteiger partial charge on any atom is -0.371 e. The Labute approximate surface area is 160 Å². The second-order valence-electron chi connectivity index (χ2n) is 8.33. The summed E-state index contributed by atoms with van der Waals surface area (Å²) >= 11 is 0. The van der Waals surface area contributed by atoms with Gasteiger partial charge in [0.25, 0.3) is 11.6 Å². The Morgan fingerprint density at radius 2 is 2.07 bits per heavy atom. The normalized spacial score (nSPS) is 25.9. The van der Waals surface area contributed by atoms with Crippen LogP contribution < -0.4 is 15.1 Å². The van der Waals surface area contributed by atoms with Gasteiger partial charge in [-0.2, -0.15) is 0 Å². The molecule has 7 nitrogen and oxygen atoms in total. The Morgan fingerprint density at radius 3 is 2.78 bits per heavy atom. The fraction of sp³-hybridized carbons (Fsp3) is 0.650. The van der Waals surface area contributed by atoms with Gasteiger partial charge in [0.15, 0.2) is 6.54 Å². The van der Waals surface area contributed by atoms with Crippen molar-refractivity contribution in [2.75, 3.05) is 42.9 Å². The number of likely N-dealkylation sites (tertiary alicyclic amines) is 1. The summed E-state index contributed by atoms with van der Waals surface area (Å²) in [5.41, 5.74) is 1.21. The van der Waals surface area contributed by atoms with Crippen LogP contribution in [0, 0.1) is 22.0 Å². The molecule has 1 unspecified atom stereocenters. The van der Waals surface area contributed by atoms with Crippen molar-refractivity contribution in [1.82, 2.24) is 0 Å². The second-order valence-corrected chi connectivity index (χ2v) is 8.33. The van der Waals surface area contributed by atoms with Gasteiger partial charge in [-0.1, -0.05) is 13.8 Å². The molecule has 27 heavy (non-hydrogen) atoms. The van der Waals surface area contributed by atoms with Crippen LogP contribution in [0.4, 0.5) is 17.1 Å². The molecule has 0 radical (unpaired) electrons. The predicted molar refractivity (Wildman–Crippen MR) is 106 cm³/mol. The standard InChI is InChI=1S/C20H30N4O3/c1-15-5-3-9-22(12-15)14-20(25)21-18-11-17(7-8-19(18)24(26)27)23-10-4-6-16(2)13-23/h7-8,11,15-16H,3-6,9-10,12-14H2,1-2H3,(H,21,25)/p+1/t15-,16-/m0/s1. The molecule has 2 fully saturated rings. The molecule has 2 N–H and O–H groups in total. The van der Waals surface area contributed by atoms with Crippen molar-refractivity contribution in [3.05, 3.63) is 28.3 Å². The van der Waals surface area contributed by atoms with Crippen LogP contribution in [0.1, 0.15) is 39.5 Å². The van der Waals surface area contributed by atoms with Crippen LogP contribution in [0.3, 0.4) is 0 Å². The van der Waals surface area contributed by atoms with Crippen molar-refractivity contribution >= 4 is 23.0 Å². The highest BCUT2D eigenvalue weighted by Crippen LogP contribution is 2.31. The first-order valence-electron chi connectivity index (χ1n) is 10.1. The maximum absolute atomic E-state index is 12.5. The van der Waals surface area contributed by atoms with E-state index in [1.807, 2.05) is 0 Å². The molecule has 0 saturated carbocycles. The minimum absolute atomic E-state index is 0.0424. The first-order valence-corrected chi connectivity index (χ1v) is 10.1. The summed E-state index contributed by atoms with van der Waals surface area (Å²) < 4.78 is 0. The summed E-state index contributed by atoms with van der Waals surface area (Å²) in [6.45, 7) is 8.68. The molecule has 1 amide bonds. The third-order valence-corrected chi connectivity index (χ3v) is 5.75. The van der Waals surface area contributed by atoms with E-state index < -0.39 is 4.92 Å². The summed E-state index contributed by atoms with van der Waals surface area (Å²) in [6, 6.07) is 5.08. The highest BCUT2D eigenvalue weighted by atomic mass is 16.6. The fourth-order valence-electron chi connectivity index (χ4n) is 4.38. The second kappa shape index (κ2) is 8.69. The third kappa shape index (κ3) is 5.19. The Hall–Kier alpha value is -2.15. The lowest BCUT2D eigenvalue weighted by Crippen LogP contribution is -3.14. The number of nitro benzene ring substituents is 1. The lowest BCUT2D eigenvalue weighted by atomic mass is 9.99. The van der Waals surface area contributed by atoms with Gasteiger partial charge in [0.2, 0.25) is 0 Å². The van der Waals surface area contributed by atoms with E-state index in [0.717, 1.165) is 44.7 Å². The number of nitrogens with zero attached hydrogens (tertiary/aromatic N) is 2. The van der Waals surface area contributed by atoms with E-state index in [9.17, 15) is 14.9 Å². The average Bonchev–Trinajstić information content (AvgIpc) is 2.61. The van der Waals surface area contributed by atoms with E-state index >= 15 is 0 Å². The van der Waals surface area contributed by atoms with Crippen molar-refractivity contribution < 1.29 is 14.6 Å². The van der Waals surface area contributed by atoms with Gasteiger partial charge in [-0.3, -0.25) is 14.9 Å². The van der Waals surface area contributed by atoms with E-state index in [1.54, 1.807) is 12.1 Å². The average molecular weight is 375 g/mol. The number of rotatable bonds is 5. The molecule has 2 aliphatic heterocycles. The quantitative estimate of drug-likeness (QED) is 0.610. The molecular formula is C20H31N4O3+. The molecule has 3 rings (SSSR count). The SMILES string of the molecule is C[C@H]1CCCN(c2ccc([N+](=O)[O-])c(NC(=O)C[NH+]3CCC[C@H](C)C3)c2)C1. The zero-order valence-corrected chi connectivity index (χ0v) is 16.4. The summed E-state index contributed by atoms with van der Waals surface area (Å²) in [5, 5.41) is 14.2. The molecule has 7 heteroatoms. The van der Waals surface area contributed by atoms with E-state index in [0.29, 0.717) is 24.1 Å². The van der Waals surface area contributed by atoms with Crippen LogP contribution in [-0.2, 0) is 4.79 Å². The van der Waals surface area contributed by atoms with Gasteiger partial charge in [0.1, 0.15) is 5.69 Å². The van der Waals surface area contributed by atoms with Crippen molar-refractivity contribution in [3.8, 4) is 0 Å². The first-order chi connectivity index (χ1) is 12.9. The van der Waals surface area contributed by atoms with Gasteiger partial charge in [-0.05, 0) is 43.7 Å². The van der Waals surface area contributed by atoms with Crippen molar-refractivity contribution in [3.63, 3.8) is 0 Å². The van der Waals surface area contributed by atoms with E-state index in [-0.39, 0.29) is 11.6 Å². The van der Waals surface area contributed by atoms with E-state index in [4.69, 9.17) is 0 Å². The molecule has 0 bridgehead atoms. The van der Waals surface area contributed by atoms with Crippen LogP contribution >= 0.6 is 0 Å². The largest absolute Gasteiger partial charge is 0.371 e. The number of nitrogens with one attached hydrogen (secondary N) is 2. The van der Waals surface area contributed by atoms with Crippen LogP contribution in [0.15, 0.2) is 18.2 Å². The molecule has 3 atom stereocenters. The van der Waals surface area contributed by atoms with Crippen LogP contribution in [0.2, 0.25) is 0 Å². The molecule has 2 saturated heterocycles. The van der Waals surface area contributed by atoms with Crippen molar-refractivity contribution in [2.45, 2.75) is 39.5 Å². The third-order valence-electron chi connectivity index (χ3n) is 5.75. The molecule has 1 aromatic carbocycles.